The van der Waals surface area contributed by atoms with E-state index in [2.05, 4.69) is 19.2 Å². The van der Waals surface area contributed by atoms with Gasteiger partial charge >= 0.3 is 5.97 Å². The molecule has 0 aliphatic heterocycles. The standard InChI is InChI=1S/C17H33NO2/c1-6-13(2)15(12-20-16(19)17(3,4)5)18-14-10-8-7-9-11-14/h13-15,18H,6-12H2,1-5H3/t13-,15+/m0/s1. The highest BCUT2D eigenvalue weighted by Crippen LogP contribution is 2.21. The van der Waals surface area contributed by atoms with Crippen molar-refractivity contribution >= 4 is 5.97 Å². The van der Waals surface area contributed by atoms with Crippen LogP contribution in [0.1, 0.15) is 73.1 Å². The van der Waals surface area contributed by atoms with E-state index in [1.165, 1.54) is 32.1 Å². The number of carbonyl (C=O) groups excluding carboxylic acids is 1. The molecular weight excluding hydrogens is 250 g/mol. The number of esters is 1. The van der Waals surface area contributed by atoms with Crippen LogP contribution in [0.25, 0.3) is 0 Å². The van der Waals surface area contributed by atoms with Crippen LogP contribution < -0.4 is 5.32 Å². The van der Waals surface area contributed by atoms with Crippen molar-refractivity contribution in [2.75, 3.05) is 6.61 Å². The van der Waals surface area contributed by atoms with Gasteiger partial charge in [-0.2, -0.15) is 0 Å². The highest BCUT2D eigenvalue weighted by molar-refractivity contribution is 5.75. The zero-order chi connectivity index (χ0) is 15.2. The topological polar surface area (TPSA) is 38.3 Å². The van der Waals surface area contributed by atoms with Gasteiger partial charge in [0.2, 0.25) is 0 Å². The highest BCUT2D eigenvalue weighted by atomic mass is 16.5. The molecule has 0 aromatic rings. The lowest BCUT2D eigenvalue weighted by Crippen LogP contribution is -2.46. The normalized spacial score (nSPS) is 20.4. The van der Waals surface area contributed by atoms with Crippen LogP contribution in [0.2, 0.25) is 0 Å². The van der Waals surface area contributed by atoms with Gasteiger partial charge in [0.05, 0.1) is 5.41 Å². The first-order chi connectivity index (χ1) is 9.34. The van der Waals surface area contributed by atoms with E-state index in [-0.39, 0.29) is 12.0 Å². The summed E-state index contributed by atoms with van der Waals surface area (Å²) in [6.45, 7) is 10.7. The molecule has 1 saturated carbocycles. The Labute approximate surface area is 124 Å². The summed E-state index contributed by atoms with van der Waals surface area (Å²) in [5.41, 5.74) is -0.412. The fourth-order valence-corrected chi connectivity index (χ4v) is 2.62. The minimum atomic E-state index is -0.412. The maximum atomic E-state index is 11.9. The quantitative estimate of drug-likeness (QED) is 0.751. The van der Waals surface area contributed by atoms with E-state index in [0.717, 1.165) is 6.42 Å². The Morgan fingerprint density at radius 1 is 1.25 bits per heavy atom. The molecule has 1 aliphatic carbocycles. The Hall–Kier alpha value is -0.570. The lowest BCUT2D eigenvalue weighted by Gasteiger charge is -2.32. The Balaban J connectivity index is 2.49. The summed E-state index contributed by atoms with van der Waals surface area (Å²) in [6, 6.07) is 0.894. The molecule has 2 atom stereocenters. The molecule has 20 heavy (non-hydrogen) atoms. The van der Waals surface area contributed by atoms with Crippen molar-refractivity contribution in [1.82, 2.24) is 5.32 Å². The van der Waals surface area contributed by atoms with E-state index < -0.39 is 5.41 Å². The Kier molecular flexibility index (Phi) is 7.01. The van der Waals surface area contributed by atoms with Gasteiger partial charge in [-0.15, -0.1) is 0 Å². The molecular formula is C17H33NO2. The average Bonchev–Trinajstić information content (AvgIpc) is 2.42. The zero-order valence-corrected chi connectivity index (χ0v) is 14.0. The molecule has 118 valence electrons. The summed E-state index contributed by atoms with van der Waals surface area (Å²) in [4.78, 5) is 11.9. The SMILES string of the molecule is CC[C@H](C)[C@@H](COC(=O)C(C)(C)C)NC1CCCCC1. The summed E-state index contributed by atoms with van der Waals surface area (Å²) in [7, 11) is 0. The molecule has 3 heteroatoms. The first-order valence-electron chi connectivity index (χ1n) is 8.28. The molecule has 1 rings (SSSR count). The van der Waals surface area contributed by atoms with E-state index in [1.54, 1.807) is 0 Å². The van der Waals surface area contributed by atoms with Gasteiger partial charge in [0.25, 0.3) is 0 Å². The van der Waals surface area contributed by atoms with Crippen molar-refractivity contribution < 1.29 is 9.53 Å². The summed E-state index contributed by atoms with van der Waals surface area (Å²) in [6.07, 6.45) is 7.66. The fraction of sp³-hybridized carbons (Fsp3) is 0.941. The summed E-state index contributed by atoms with van der Waals surface area (Å²) in [5.74, 6) is 0.431. The van der Waals surface area contributed by atoms with Crippen LogP contribution in [0.4, 0.5) is 0 Å². The average molecular weight is 283 g/mol. The summed E-state index contributed by atoms with van der Waals surface area (Å²) < 4.78 is 5.53. The van der Waals surface area contributed by atoms with E-state index >= 15 is 0 Å². The van der Waals surface area contributed by atoms with E-state index in [9.17, 15) is 4.79 Å². The van der Waals surface area contributed by atoms with Crippen LogP contribution in [-0.2, 0) is 9.53 Å². The lowest BCUT2D eigenvalue weighted by molar-refractivity contribution is -0.154. The van der Waals surface area contributed by atoms with Crippen LogP contribution in [0.3, 0.4) is 0 Å². The van der Waals surface area contributed by atoms with Gasteiger partial charge in [-0.25, -0.2) is 0 Å². The maximum Gasteiger partial charge on any atom is 0.311 e. The number of carbonyl (C=O) groups is 1. The van der Waals surface area contributed by atoms with Gasteiger partial charge in [-0.05, 0) is 39.5 Å². The Morgan fingerprint density at radius 3 is 2.35 bits per heavy atom. The molecule has 0 spiro atoms. The van der Waals surface area contributed by atoms with Gasteiger partial charge in [-0.3, -0.25) is 4.79 Å². The second-order valence-corrected chi connectivity index (χ2v) is 7.34. The molecule has 1 N–H and O–H groups in total. The first kappa shape index (κ1) is 17.5. The molecule has 0 amide bonds. The third kappa shape index (κ3) is 5.82. The van der Waals surface area contributed by atoms with Crippen molar-refractivity contribution in [3.8, 4) is 0 Å². The van der Waals surface area contributed by atoms with E-state index in [4.69, 9.17) is 4.74 Å². The second-order valence-electron chi connectivity index (χ2n) is 7.34. The Bertz CT molecular complexity index is 290. The minimum Gasteiger partial charge on any atom is -0.464 e. The number of rotatable bonds is 6. The minimum absolute atomic E-state index is 0.101. The summed E-state index contributed by atoms with van der Waals surface area (Å²) in [5, 5.41) is 3.74. The van der Waals surface area contributed by atoms with Crippen LogP contribution in [-0.4, -0.2) is 24.7 Å². The number of hydrogen-bond donors (Lipinski definition) is 1. The summed E-state index contributed by atoms with van der Waals surface area (Å²) >= 11 is 0. The van der Waals surface area contributed by atoms with Crippen LogP contribution in [0, 0.1) is 11.3 Å². The Morgan fingerprint density at radius 2 is 1.85 bits per heavy atom. The highest BCUT2D eigenvalue weighted by Gasteiger charge is 2.27. The molecule has 1 fully saturated rings. The molecule has 3 nitrogen and oxygen atoms in total. The number of nitrogens with one attached hydrogen (secondary N) is 1. The molecule has 0 heterocycles. The fourth-order valence-electron chi connectivity index (χ4n) is 2.62. The van der Waals surface area contributed by atoms with Crippen molar-refractivity contribution in [2.24, 2.45) is 11.3 Å². The lowest BCUT2D eigenvalue weighted by atomic mass is 9.92. The predicted octanol–water partition coefficient (Wildman–Crippen LogP) is 3.91. The third-order valence-corrected chi connectivity index (χ3v) is 4.39. The van der Waals surface area contributed by atoms with E-state index in [0.29, 0.717) is 18.6 Å². The third-order valence-electron chi connectivity index (χ3n) is 4.39. The predicted molar refractivity (Wildman–Crippen MR) is 83.7 cm³/mol. The zero-order valence-electron chi connectivity index (χ0n) is 14.0. The molecule has 1 aliphatic rings. The van der Waals surface area contributed by atoms with E-state index in [1.807, 2.05) is 20.8 Å². The first-order valence-corrected chi connectivity index (χ1v) is 8.28. The molecule has 0 aromatic heterocycles. The van der Waals surface area contributed by atoms with Gasteiger partial charge in [-0.1, -0.05) is 39.5 Å². The van der Waals surface area contributed by atoms with Crippen LogP contribution >= 0.6 is 0 Å². The van der Waals surface area contributed by atoms with Crippen LogP contribution in [0.15, 0.2) is 0 Å². The van der Waals surface area contributed by atoms with Gasteiger partial charge in [0.1, 0.15) is 6.61 Å². The molecule has 0 radical (unpaired) electrons. The molecule has 0 aromatic carbocycles. The van der Waals surface area contributed by atoms with Crippen molar-refractivity contribution in [3.05, 3.63) is 0 Å². The largest absolute Gasteiger partial charge is 0.464 e. The number of hydrogen-bond acceptors (Lipinski definition) is 3. The monoisotopic (exact) mass is 283 g/mol. The van der Waals surface area contributed by atoms with Gasteiger partial charge < -0.3 is 10.1 Å². The molecule has 0 saturated heterocycles. The molecule has 0 bridgehead atoms. The van der Waals surface area contributed by atoms with Crippen molar-refractivity contribution in [1.29, 1.82) is 0 Å². The van der Waals surface area contributed by atoms with Crippen molar-refractivity contribution in [3.63, 3.8) is 0 Å². The maximum absolute atomic E-state index is 11.9. The van der Waals surface area contributed by atoms with Gasteiger partial charge in [0.15, 0.2) is 0 Å². The molecule has 0 unspecified atom stereocenters. The number of ether oxygens (including phenoxy) is 1. The second kappa shape index (κ2) is 8.02. The van der Waals surface area contributed by atoms with Crippen molar-refractivity contribution in [2.45, 2.75) is 85.2 Å². The van der Waals surface area contributed by atoms with Gasteiger partial charge in [0, 0.05) is 12.1 Å². The smallest absolute Gasteiger partial charge is 0.311 e. The van der Waals surface area contributed by atoms with Crippen LogP contribution in [0.5, 0.6) is 0 Å².